The highest BCUT2D eigenvalue weighted by Crippen LogP contribution is 2.20. The highest BCUT2D eigenvalue weighted by Gasteiger charge is 2.26. The van der Waals surface area contributed by atoms with Crippen LogP contribution in [-0.4, -0.2) is 31.0 Å². The summed E-state index contributed by atoms with van der Waals surface area (Å²) in [5.41, 5.74) is 0.853. The maximum atomic E-state index is 12.3. The van der Waals surface area contributed by atoms with Gasteiger partial charge < -0.3 is 9.64 Å². The Labute approximate surface area is 114 Å². The summed E-state index contributed by atoms with van der Waals surface area (Å²) in [7, 11) is 1.63. The van der Waals surface area contributed by atoms with Crippen LogP contribution in [0.1, 0.15) is 20.3 Å². The van der Waals surface area contributed by atoms with E-state index in [9.17, 15) is 4.79 Å². The van der Waals surface area contributed by atoms with E-state index in [1.165, 1.54) is 0 Å². The van der Waals surface area contributed by atoms with E-state index < -0.39 is 5.38 Å². The second-order valence-electron chi connectivity index (χ2n) is 4.22. The molecule has 1 rings (SSSR count). The molecule has 0 saturated heterocycles. The lowest BCUT2D eigenvalue weighted by molar-refractivity contribution is -0.119. The molecule has 0 radical (unpaired) electrons. The van der Waals surface area contributed by atoms with E-state index in [0.717, 1.165) is 5.69 Å². The summed E-state index contributed by atoms with van der Waals surface area (Å²) in [6.45, 7) is 4.33. The normalized spacial score (nSPS) is 14.0. The van der Waals surface area contributed by atoms with Gasteiger partial charge in [0.25, 0.3) is 0 Å². The molecule has 0 aromatic heterocycles. The van der Waals surface area contributed by atoms with E-state index in [4.69, 9.17) is 16.3 Å². The van der Waals surface area contributed by atoms with Crippen LogP contribution in [0.2, 0.25) is 0 Å². The van der Waals surface area contributed by atoms with Crippen molar-refractivity contribution in [3.8, 4) is 0 Å². The fraction of sp³-hybridized carbons (Fsp3) is 0.500. The predicted octanol–water partition coefficient (Wildman–Crippen LogP) is 3.07. The first kappa shape index (κ1) is 15.0. The first-order valence-electron chi connectivity index (χ1n) is 6.12. The standard InChI is InChI=1S/C14H20ClNO2/c1-4-13(15)14(17)16(11(2)10-18-3)12-8-6-5-7-9-12/h5-9,11,13H,4,10H2,1-3H3. The summed E-state index contributed by atoms with van der Waals surface area (Å²) < 4.78 is 5.13. The minimum absolute atomic E-state index is 0.0438. The number of anilines is 1. The van der Waals surface area contributed by atoms with Gasteiger partial charge in [-0.25, -0.2) is 0 Å². The SMILES string of the molecule is CCC(Cl)C(=O)N(c1ccccc1)C(C)COC. The van der Waals surface area contributed by atoms with Crippen molar-refractivity contribution in [2.75, 3.05) is 18.6 Å². The molecule has 0 aliphatic heterocycles. The molecule has 1 amide bonds. The quantitative estimate of drug-likeness (QED) is 0.743. The topological polar surface area (TPSA) is 29.5 Å². The molecule has 3 nitrogen and oxygen atoms in total. The molecule has 0 aliphatic carbocycles. The van der Waals surface area contributed by atoms with Crippen molar-refractivity contribution in [3.05, 3.63) is 30.3 Å². The van der Waals surface area contributed by atoms with Crippen LogP contribution in [-0.2, 0) is 9.53 Å². The zero-order chi connectivity index (χ0) is 13.5. The van der Waals surface area contributed by atoms with Gasteiger partial charge in [-0.2, -0.15) is 0 Å². The van der Waals surface area contributed by atoms with Crippen molar-refractivity contribution in [2.24, 2.45) is 0 Å². The Morgan fingerprint density at radius 2 is 2.00 bits per heavy atom. The van der Waals surface area contributed by atoms with Crippen LogP contribution in [0.25, 0.3) is 0 Å². The van der Waals surface area contributed by atoms with Gasteiger partial charge in [0.1, 0.15) is 5.38 Å². The highest BCUT2D eigenvalue weighted by atomic mass is 35.5. The van der Waals surface area contributed by atoms with Crippen molar-refractivity contribution in [2.45, 2.75) is 31.7 Å². The Balaban J connectivity index is 2.99. The molecule has 100 valence electrons. The first-order valence-corrected chi connectivity index (χ1v) is 6.56. The predicted molar refractivity (Wildman–Crippen MR) is 75.2 cm³/mol. The first-order chi connectivity index (χ1) is 8.61. The molecule has 18 heavy (non-hydrogen) atoms. The monoisotopic (exact) mass is 269 g/mol. The van der Waals surface area contributed by atoms with Crippen molar-refractivity contribution in [3.63, 3.8) is 0 Å². The number of benzene rings is 1. The maximum absolute atomic E-state index is 12.3. The van der Waals surface area contributed by atoms with Crippen LogP contribution in [0, 0.1) is 0 Å². The lowest BCUT2D eigenvalue weighted by Crippen LogP contribution is -2.45. The zero-order valence-electron chi connectivity index (χ0n) is 11.1. The number of halogens is 1. The van der Waals surface area contributed by atoms with Crippen LogP contribution in [0.5, 0.6) is 0 Å². The molecular formula is C14H20ClNO2. The Hall–Kier alpha value is -1.06. The average molecular weight is 270 g/mol. The molecule has 0 saturated carbocycles. The number of rotatable bonds is 6. The Kier molecular flexibility index (Phi) is 6.16. The molecular weight excluding hydrogens is 250 g/mol. The summed E-state index contributed by atoms with van der Waals surface area (Å²) in [5, 5.41) is -0.496. The number of carbonyl (C=O) groups excluding carboxylic acids is 1. The number of hydrogen-bond donors (Lipinski definition) is 0. The van der Waals surface area contributed by atoms with E-state index in [1.54, 1.807) is 12.0 Å². The van der Waals surface area contributed by atoms with E-state index in [1.807, 2.05) is 44.2 Å². The molecule has 0 N–H and O–H groups in total. The van der Waals surface area contributed by atoms with Gasteiger partial charge in [-0.1, -0.05) is 25.1 Å². The number of methoxy groups -OCH3 is 1. The summed E-state index contributed by atoms with van der Waals surface area (Å²) >= 11 is 6.07. The lowest BCUT2D eigenvalue weighted by atomic mass is 10.2. The van der Waals surface area contributed by atoms with Gasteiger partial charge in [0, 0.05) is 12.8 Å². The Morgan fingerprint density at radius 3 is 2.50 bits per heavy atom. The third kappa shape index (κ3) is 3.72. The Morgan fingerprint density at radius 1 is 1.39 bits per heavy atom. The van der Waals surface area contributed by atoms with Crippen LogP contribution in [0.3, 0.4) is 0 Å². The largest absolute Gasteiger partial charge is 0.383 e. The number of nitrogens with zero attached hydrogens (tertiary/aromatic N) is 1. The number of hydrogen-bond acceptors (Lipinski definition) is 2. The van der Waals surface area contributed by atoms with E-state index >= 15 is 0 Å². The minimum Gasteiger partial charge on any atom is -0.383 e. The van der Waals surface area contributed by atoms with Crippen LogP contribution in [0.4, 0.5) is 5.69 Å². The number of alkyl halides is 1. The van der Waals surface area contributed by atoms with Gasteiger partial charge >= 0.3 is 0 Å². The summed E-state index contributed by atoms with van der Waals surface area (Å²) in [6.07, 6.45) is 0.615. The van der Waals surface area contributed by atoms with E-state index in [-0.39, 0.29) is 11.9 Å². The van der Waals surface area contributed by atoms with Gasteiger partial charge in [0.15, 0.2) is 0 Å². The molecule has 0 spiro atoms. The summed E-state index contributed by atoms with van der Waals surface area (Å²) in [6, 6.07) is 9.50. The molecule has 0 heterocycles. The maximum Gasteiger partial charge on any atom is 0.245 e. The van der Waals surface area contributed by atoms with Crippen molar-refractivity contribution < 1.29 is 9.53 Å². The number of amides is 1. The molecule has 2 unspecified atom stereocenters. The second kappa shape index (κ2) is 7.39. The van der Waals surface area contributed by atoms with Crippen molar-refractivity contribution in [1.29, 1.82) is 0 Å². The van der Waals surface area contributed by atoms with Crippen molar-refractivity contribution in [1.82, 2.24) is 0 Å². The van der Waals surface area contributed by atoms with Gasteiger partial charge in [-0.15, -0.1) is 11.6 Å². The summed E-state index contributed by atoms with van der Waals surface area (Å²) in [5.74, 6) is -0.0742. The Bertz CT molecular complexity index is 369. The van der Waals surface area contributed by atoms with E-state index in [2.05, 4.69) is 0 Å². The van der Waals surface area contributed by atoms with Gasteiger partial charge in [-0.05, 0) is 25.5 Å². The molecule has 2 atom stereocenters. The number of ether oxygens (including phenoxy) is 1. The minimum atomic E-state index is -0.496. The van der Waals surface area contributed by atoms with E-state index in [0.29, 0.717) is 13.0 Å². The molecule has 0 fully saturated rings. The molecule has 0 aliphatic rings. The fourth-order valence-corrected chi connectivity index (χ4v) is 1.93. The summed E-state index contributed by atoms with van der Waals surface area (Å²) in [4.78, 5) is 14.0. The van der Waals surface area contributed by atoms with Crippen molar-refractivity contribution >= 4 is 23.2 Å². The third-order valence-electron chi connectivity index (χ3n) is 2.75. The number of para-hydroxylation sites is 1. The molecule has 0 bridgehead atoms. The third-order valence-corrected chi connectivity index (χ3v) is 3.24. The number of carbonyl (C=O) groups is 1. The van der Waals surface area contributed by atoms with Crippen LogP contribution >= 0.6 is 11.6 Å². The smallest absolute Gasteiger partial charge is 0.245 e. The van der Waals surface area contributed by atoms with Gasteiger partial charge in [0.05, 0.1) is 12.6 Å². The molecule has 4 heteroatoms. The van der Waals surface area contributed by atoms with Crippen LogP contribution < -0.4 is 4.90 Å². The van der Waals surface area contributed by atoms with Gasteiger partial charge in [-0.3, -0.25) is 4.79 Å². The fourth-order valence-electron chi connectivity index (χ4n) is 1.83. The highest BCUT2D eigenvalue weighted by molar-refractivity contribution is 6.32. The second-order valence-corrected chi connectivity index (χ2v) is 4.75. The van der Waals surface area contributed by atoms with Gasteiger partial charge in [0.2, 0.25) is 5.91 Å². The molecule has 1 aromatic carbocycles. The average Bonchev–Trinajstić information content (AvgIpc) is 2.39. The lowest BCUT2D eigenvalue weighted by Gasteiger charge is -2.30. The van der Waals surface area contributed by atoms with Crippen LogP contribution in [0.15, 0.2) is 30.3 Å². The molecule has 1 aromatic rings. The zero-order valence-corrected chi connectivity index (χ0v) is 11.9.